The fourth-order valence-corrected chi connectivity index (χ4v) is 2.05. The smallest absolute Gasteiger partial charge is 0.237 e. The predicted molar refractivity (Wildman–Crippen MR) is 80.1 cm³/mol. The molecule has 0 aromatic heterocycles. The number of amides is 1. The highest BCUT2D eigenvalue weighted by molar-refractivity contribution is 5.84. The lowest BCUT2D eigenvalue weighted by Gasteiger charge is -2.26. The third-order valence-electron chi connectivity index (χ3n) is 3.50. The number of rotatable bonds is 13. The lowest BCUT2D eigenvalue weighted by atomic mass is 9.97. The SMILES string of the molecule is CCCCCCCCOCCC(C)(NCC)C(N)=O. The Balaban J connectivity index is 3.53. The Morgan fingerprint density at radius 3 is 2.32 bits per heavy atom. The normalized spacial score (nSPS) is 14.3. The summed E-state index contributed by atoms with van der Waals surface area (Å²) in [6.07, 6.45) is 8.22. The molecule has 19 heavy (non-hydrogen) atoms. The van der Waals surface area contributed by atoms with Gasteiger partial charge in [-0.05, 0) is 26.3 Å². The van der Waals surface area contributed by atoms with Crippen LogP contribution >= 0.6 is 0 Å². The minimum Gasteiger partial charge on any atom is -0.381 e. The number of ether oxygens (including phenoxy) is 1. The molecule has 0 aromatic carbocycles. The topological polar surface area (TPSA) is 64.3 Å². The number of primary amides is 1. The zero-order valence-corrected chi connectivity index (χ0v) is 13.0. The lowest BCUT2D eigenvalue weighted by Crippen LogP contribution is -2.53. The van der Waals surface area contributed by atoms with E-state index in [9.17, 15) is 4.79 Å². The summed E-state index contributed by atoms with van der Waals surface area (Å²) < 4.78 is 5.58. The van der Waals surface area contributed by atoms with Gasteiger partial charge < -0.3 is 15.8 Å². The van der Waals surface area contributed by atoms with Gasteiger partial charge in [0, 0.05) is 13.2 Å². The van der Waals surface area contributed by atoms with Crippen molar-refractivity contribution in [3.63, 3.8) is 0 Å². The first-order valence-corrected chi connectivity index (χ1v) is 7.69. The third-order valence-corrected chi connectivity index (χ3v) is 3.50. The molecule has 0 saturated carbocycles. The van der Waals surface area contributed by atoms with Gasteiger partial charge in [-0.3, -0.25) is 4.79 Å². The van der Waals surface area contributed by atoms with Crippen LogP contribution in [0, 0.1) is 0 Å². The fourth-order valence-electron chi connectivity index (χ4n) is 2.05. The molecule has 0 aliphatic carbocycles. The van der Waals surface area contributed by atoms with Gasteiger partial charge in [0.05, 0.1) is 5.54 Å². The van der Waals surface area contributed by atoms with Crippen LogP contribution in [0.15, 0.2) is 0 Å². The van der Waals surface area contributed by atoms with E-state index in [0.717, 1.165) is 19.6 Å². The number of hydrogen-bond acceptors (Lipinski definition) is 3. The van der Waals surface area contributed by atoms with Crippen molar-refractivity contribution in [3.05, 3.63) is 0 Å². The summed E-state index contributed by atoms with van der Waals surface area (Å²) in [5.74, 6) is -0.308. The summed E-state index contributed by atoms with van der Waals surface area (Å²) in [7, 11) is 0. The summed E-state index contributed by atoms with van der Waals surface area (Å²) >= 11 is 0. The van der Waals surface area contributed by atoms with Gasteiger partial charge in [-0.25, -0.2) is 0 Å². The van der Waals surface area contributed by atoms with Gasteiger partial charge in [0.15, 0.2) is 0 Å². The molecule has 0 fully saturated rings. The van der Waals surface area contributed by atoms with E-state index in [-0.39, 0.29) is 5.91 Å². The van der Waals surface area contributed by atoms with E-state index in [0.29, 0.717) is 13.0 Å². The molecule has 0 bridgehead atoms. The molecule has 114 valence electrons. The first-order chi connectivity index (χ1) is 9.06. The van der Waals surface area contributed by atoms with Crippen molar-refractivity contribution in [3.8, 4) is 0 Å². The summed E-state index contributed by atoms with van der Waals surface area (Å²) in [6.45, 7) is 8.14. The summed E-state index contributed by atoms with van der Waals surface area (Å²) in [6, 6.07) is 0. The molecule has 3 N–H and O–H groups in total. The van der Waals surface area contributed by atoms with Gasteiger partial charge in [0.2, 0.25) is 5.91 Å². The number of hydrogen-bond donors (Lipinski definition) is 2. The Hall–Kier alpha value is -0.610. The van der Waals surface area contributed by atoms with Crippen molar-refractivity contribution in [1.82, 2.24) is 5.32 Å². The monoisotopic (exact) mass is 272 g/mol. The molecule has 1 unspecified atom stereocenters. The highest BCUT2D eigenvalue weighted by Crippen LogP contribution is 2.10. The van der Waals surface area contributed by atoms with Crippen LogP contribution in [0.2, 0.25) is 0 Å². The highest BCUT2D eigenvalue weighted by Gasteiger charge is 2.29. The second kappa shape index (κ2) is 11.2. The molecule has 0 saturated heterocycles. The Morgan fingerprint density at radius 2 is 1.74 bits per heavy atom. The van der Waals surface area contributed by atoms with Crippen molar-refractivity contribution < 1.29 is 9.53 Å². The maximum absolute atomic E-state index is 11.4. The number of likely N-dealkylation sites (N-methyl/N-ethyl adjacent to an activating group) is 1. The Kier molecular flexibility index (Phi) is 10.9. The average Bonchev–Trinajstić information content (AvgIpc) is 2.37. The molecular weight excluding hydrogens is 240 g/mol. The van der Waals surface area contributed by atoms with Crippen LogP contribution in [0.4, 0.5) is 0 Å². The van der Waals surface area contributed by atoms with Gasteiger partial charge in [0.25, 0.3) is 0 Å². The van der Waals surface area contributed by atoms with Gasteiger partial charge in [-0.15, -0.1) is 0 Å². The quantitative estimate of drug-likeness (QED) is 0.507. The van der Waals surface area contributed by atoms with E-state index >= 15 is 0 Å². The molecule has 0 spiro atoms. The molecule has 0 aliphatic heterocycles. The molecule has 0 aliphatic rings. The molecule has 0 aromatic rings. The minimum absolute atomic E-state index is 0.308. The van der Waals surface area contributed by atoms with Crippen LogP contribution in [-0.4, -0.2) is 31.2 Å². The predicted octanol–water partition coefficient (Wildman–Crippen LogP) is 2.61. The highest BCUT2D eigenvalue weighted by atomic mass is 16.5. The van der Waals surface area contributed by atoms with Crippen molar-refractivity contribution in [2.75, 3.05) is 19.8 Å². The van der Waals surface area contributed by atoms with E-state index in [1.54, 1.807) is 0 Å². The Labute approximate surface area is 118 Å². The number of nitrogens with one attached hydrogen (secondary N) is 1. The van der Waals surface area contributed by atoms with Crippen LogP contribution in [-0.2, 0) is 9.53 Å². The Bertz CT molecular complexity index is 234. The van der Waals surface area contributed by atoms with Crippen LogP contribution in [0.5, 0.6) is 0 Å². The minimum atomic E-state index is -0.643. The Morgan fingerprint density at radius 1 is 1.11 bits per heavy atom. The average molecular weight is 272 g/mol. The van der Waals surface area contributed by atoms with Crippen molar-refractivity contribution in [2.24, 2.45) is 5.73 Å². The van der Waals surface area contributed by atoms with Crippen LogP contribution in [0.25, 0.3) is 0 Å². The van der Waals surface area contributed by atoms with Crippen LogP contribution in [0.1, 0.15) is 65.7 Å². The largest absolute Gasteiger partial charge is 0.381 e. The molecule has 1 atom stereocenters. The van der Waals surface area contributed by atoms with Gasteiger partial charge in [-0.2, -0.15) is 0 Å². The molecule has 0 radical (unpaired) electrons. The molecule has 4 nitrogen and oxygen atoms in total. The number of unbranched alkanes of at least 4 members (excludes halogenated alkanes) is 5. The molecular formula is C15H32N2O2. The summed E-state index contributed by atoms with van der Waals surface area (Å²) in [5, 5.41) is 3.13. The fraction of sp³-hybridized carbons (Fsp3) is 0.933. The third kappa shape index (κ3) is 9.00. The van der Waals surface area contributed by atoms with E-state index in [2.05, 4.69) is 12.2 Å². The van der Waals surface area contributed by atoms with Gasteiger partial charge >= 0.3 is 0 Å². The number of nitrogens with two attached hydrogens (primary N) is 1. The van der Waals surface area contributed by atoms with Crippen LogP contribution in [0.3, 0.4) is 0 Å². The molecule has 0 heterocycles. The van der Waals surface area contributed by atoms with Crippen molar-refractivity contribution in [1.29, 1.82) is 0 Å². The molecule has 0 rings (SSSR count). The van der Waals surface area contributed by atoms with Crippen molar-refractivity contribution in [2.45, 2.75) is 71.3 Å². The van der Waals surface area contributed by atoms with E-state index < -0.39 is 5.54 Å². The lowest BCUT2D eigenvalue weighted by molar-refractivity contribution is -0.124. The standard InChI is InChI=1S/C15H32N2O2/c1-4-6-7-8-9-10-12-19-13-11-15(3,14(16)18)17-5-2/h17H,4-13H2,1-3H3,(H2,16,18). The summed E-state index contributed by atoms with van der Waals surface area (Å²) in [4.78, 5) is 11.4. The maximum atomic E-state index is 11.4. The van der Waals surface area contributed by atoms with Crippen molar-refractivity contribution >= 4 is 5.91 Å². The molecule has 1 amide bonds. The molecule has 4 heteroatoms. The number of carbonyl (C=O) groups is 1. The first-order valence-electron chi connectivity index (χ1n) is 7.69. The summed E-state index contributed by atoms with van der Waals surface area (Å²) in [5.41, 5.74) is 4.77. The number of carbonyl (C=O) groups excluding carboxylic acids is 1. The zero-order chi connectivity index (χ0) is 14.6. The first kappa shape index (κ1) is 18.4. The second-order valence-electron chi connectivity index (χ2n) is 5.36. The second-order valence-corrected chi connectivity index (χ2v) is 5.36. The maximum Gasteiger partial charge on any atom is 0.237 e. The van der Waals surface area contributed by atoms with E-state index in [1.165, 1.54) is 32.1 Å². The van der Waals surface area contributed by atoms with E-state index in [4.69, 9.17) is 10.5 Å². The van der Waals surface area contributed by atoms with E-state index in [1.807, 2.05) is 13.8 Å². The van der Waals surface area contributed by atoms with Gasteiger partial charge in [0.1, 0.15) is 0 Å². The van der Waals surface area contributed by atoms with Crippen LogP contribution < -0.4 is 11.1 Å². The zero-order valence-electron chi connectivity index (χ0n) is 13.0. The van der Waals surface area contributed by atoms with Gasteiger partial charge in [-0.1, -0.05) is 46.0 Å².